The summed E-state index contributed by atoms with van der Waals surface area (Å²) in [5.41, 5.74) is 8.53. The monoisotopic (exact) mass is 223 g/mol. The first-order valence-electron chi connectivity index (χ1n) is 5.68. The van der Waals surface area contributed by atoms with Crippen molar-refractivity contribution in [3.05, 3.63) is 22.8 Å². The fourth-order valence-corrected chi connectivity index (χ4v) is 2.01. The minimum Gasteiger partial charge on any atom is -0.504 e. The van der Waals surface area contributed by atoms with E-state index in [1.165, 1.54) is 0 Å². The summed E-state index contributed by atoms with van der Waals surface area (Å²) in [7, 11) is 1.58. The van der Waals surface area contributed by atoms with Gasteiger partial charge in [0, 0.05) is 5.56 Å². The van der Waals surface area contributed by atoms with E-state index in [4.69, 9.17) is 10.5 Å². The molecular weight excluding hydrogens is 202 g/mol. The molecule has 0 aliphatic carbocycles. The Balaban J connectivity index is 2.98. The van der Waals surface area contributed by atoms with E-state index < -0.39 is 0 Å². The summed E-state index contributed by atoms with van der Waals surface area (Å²) < 4.78 is 5.20. The van der Waals surface area contributed by atoms with Gasteiger partial charge >= 0.3 is 0 Å². The van der Waals surface area contributed by atoms with Crippen molar-refractivity contribution in [1.29, 1.82) is 0 Å². The SMILES string of the molecule is COc1c(C)cc(C)c(CCCCN)c1O. The minimum atomic E-state index is 0.289. The lowest BCUT2D eigenvalue weighted by Gasteiger charge is -2.14. The average molecular weight is 223 g/mol. The zero-order valence-electron chi connectivity index (χ0n) is 10.3. The lowest BCUT2D eigenvalue weighted by Crippen LogP contribution is -2.01. The van der Waals surface area contributed by atoms with Crippen molar-refractivity contribution in [3.8, 4) is 11.5 Å². The number of phenolic OH excluding ortho intramolecular Hbond substituents is 1. The average Bonchev–Trinajstić information content (AvgIpc) is 2.23. The molecule has 0 atom stereocenters. The molecule has 0 unspecified atom stereocenters. The highest BCUT2D eigenvalue weighted by Gasteiger charge is 2.13. The van der Waals surface area contributed by atoms with Gasteiger partial charge in [-0.3, -0.25) is 0 Å². The van der Waals surface area contributed by atoms with Gasteiger partial charge in [0.1, 0.15) is 0 Å². The largest absolute Gasteiger partial charge is 0.504 e. The zero-order chi connectivity index (χ0) is 12.1. The Hall–Kier alpha value is -1.22. The molecule has 0 fully saturated rings. The first kappa shape index (κ1) is 12.8. The van der Waals surface area contributed by atoms with E-state index in [0.717, 1.165) is 36.0 Å². The molecule has 0 saturated carbocycles. The van der Waals surface area contributed by atoms with E-state index >= 15 is 0 Å². The lowest BCUT2D eigenvalue weighted by molar-refractivity contribution is 0.367. The van der Waals surface area contributed by atoms with Gasteiger partial charge in [0.05, 0.1) is 7.11 Å². The van der Waals surface area contributed by atoms with Crippen molar-refractivity contribution in [1.82, 2.24) is 0 Å². The molecule has 0 aromatic heterocycles. The maximum Gasteiger partial charge on any atom is 0.163 e. The molecule has 3 heteroatoms. The van der Waals surface area contributed by atoms with Crippen LogP contribution in [0.15, 0.2) is 6.07 Å². The van der Waals surface area contributed by atoms with Gasteiger partial charge in [-0.25, -0.2) is 0 Å². The first-order valence-corrected chi connectivity index (χ1v) is 5.68. The molecule has 0 bridgehead atoms. The molecular formula is C13H21NO2. The standard InChI is InChI=1S/C13H21NO2/c1-9-8-10(2)13(16-3)12(15)11(9)6-4-5-7-14/h8,15H,4-7,14H2,1-3H3. The van der Waals surface area contributed by atoms with Gasteiger partial charge < -0.3 is 15.6 Å². The summed E-state index contributed by atoms with van der Waals surface area (Å²) in [4.78, 5) is 0. The van der Waals surface area contributed by atoms with Crippen molar-refractivity contribution in [2.75, 3.05) is 13.7 Å². The van der Waals surface area contributed by atoms with Crippen LogP contribution >= 0.6 is 0 Å². The van der Waals surface area contributed by atoms with Gasteiger partial charge in [-0.2, -0.15) is 0 Å². The number of rotatable bonds is 5. The molecule has 90 valence electrons. The van der Waals surface area contributed by atoms with Crippen LogP contribution in [0.25, 0.3) is 0 Å². The number of aryl methyl sites for hydroxylation is 2. The number of benzene rings is 1. The number of hydrogen-bond donors (Lipinski definition) is 2. The minimum absolute atomic E-state index is 0.289. The normalized spacial score (nSPS) is 10.5. The van der Waals surface area contributed by atoms with Crippen LogP contribution in [0.2, 0.25) is 0 Å². The van der Waals surface area contributed by atoms with Crippen molar-refractivity contribution >= 4 is 0 Å². The first-order chi connectivity index (χ1) is 7.61. The highest BCUT2D eigenvalue weighted by Crippen LogP contribution is 2.36. The van der Waals surface area contributed by atoms with Crippen LogP contribution in [-0.4, -0.2) is 18.8 Å². The summed E-state index contributed by atoms with van der Waals surface area (Å²) in [5, 5.41) is 10.1. The van der Waals surface area contributed by atoms with Crippen LogP contribution in [0.4, 0.5) is 0 Å². The third-order valence-electron chi connectivity index (χ3n) is 2.85. The second-order valence-corrected chi connectivity index (χ2v) is 4.12. The Morgan fingerprint density at radius 2 is 1.94 bits per heavy atom. The Labute approximate surface area is 97.2 Å². The molecule has 0 heterocycles. The Kier molecular flexibility index (Phi) is 4.62. The van der Waals surface area contributed by atoms with Gasteiger partial charge in [0.15, 0.2) is 11.5 Å². The summed E-state index contributed by atoms with van der Waals surface area (Å²) in [6, 6.07) is 2.05. The second kappa shape index (κ2) is 5.75. The van der Waals surface area contributed by atoms with E-state index in [9.17, 15) is 5.11 Å². The van der Waals surface area contributed by atoms with E-state index in [2.05, 4.69) is 6.07 Å². The molecule has 1 aromatic rings. The molecule has 0 amide bonds. The highest BCUT2D eigenvalue weighted by molar-refractivity contribution is 5.54. The third-order valence-corrected chi connectivity index (χ3v) is 2.85. The van der Waals surface area contributed by atoms with Gasteiger partial charge in [-0.05, 0) is 50.8 Å². The van der Waals surface area contributed by atoms with Crippen LogP contribution in [0.1, 0.15) is 29.5 Å². The molecule has 0 saturated heterocycles. The zero-order valence-corrected chi connectivity index (χ0v) is 10.3. The summed E-state index contributed by atoms with van der Waals surface area (Å²) >= 11 is 0. The number of phenols is 1. The summed E-state index contributed by atoms with van der Waals surface area (Å²) in [5.74, 6) is 0.880. The second-order valence-electron chi connectivity index (χ2n) is 4.12. The fourth-order valence-electron chi connectivity index (χ4n) is 2.01. The van der Waals surface area contributed by atoms with E-state index in [1.807, 2.05) is 13.8 Å². The van der Waals surface area contributed by atoms with Crippen molar-refractivity contribution in [2.24, 2.45) is 5.73 Å². The number of unbranched alkanes of at least 4 members (excludes halogenated alkanes) is 1. The van der Waals surface area contributed by atoms with Crippen LogP contribution in [0.3, 0.4) is 0 Å². The summed E-state index contributed by atoms with van der Waals surface area (Å²) in [6.07, 6.45) is 2.83. The summed E-state index contributed by atoms with van der Waals surface area (Å²) in [6.45, 7) is 4.65. The Morgan fingerprint density at radius 1 is 1.25 bits per heavy atom. The predicted octanol–water partition coefficient (Wildman–Crippen LogP) is 2.30. The van der Waals surface area contributed by atoms with Crippen molar-refractivity contribution < 1.29 is 9.84 Å². The molecule has 0 aliphatic heterocycles. The molecule has 3 N–H and O–H groups in total. The lowest BCUT2D eigenvalue weighted by atomic mass is 9.98. The van der Waals surface area contributed by atoms with E-state index in [0.29, 0.717) is 12.3 Å². The van der Waals surface area contributed by atoms with Crippen LogP contribution in [-0.2, 0) is 6.42 Å². The van der Waals surface area contributed by atoms with Gasteiger partial charge in [0.2, 0.25) is 0 Å². The molecule has 3 nitrogen and oxygen atoms in total. The fraction of sp³-hybridized carbons (Fsp3) is 0.538. The Bertz CT molecular complexity index is 361. The van der Waals surface area contributed by atoms with Crippen molar-refractivity contribution in [2.45, 2.75) is 33.1 Å². The van der Waals surface area contributed by atoms with Crippen LogP contribution in [0, 0.1) is 13.8 Å². The number of ether oxygens (including phenoxy) is 1. The maximum atomic E-state index is 10.1. The predicted molar refractivity (Wildman–Crippen MR) is 66.1 cm³/mol. The van der Waals surface area contributed by atoms with E-state index in [1.54, 1.807) is 7.11 Å². The number of nitrogens with two attached hydrogens (primary N) is 1. The van der Waals surface area contributed by atoms with Gasteiger partial charge in [0.25, 0.3) is 0 Å². The van der Waals surface area contributed by atoms with Crippen LogP contribution in [0.5, 0.6) is 11.5 Å². The van der Waals surface area contributed by atoms with Crippen molar-refractivity contribution in [3.63, 3.8) is 0 Å². The molecule has 0 radical (unpaired) electrons. The Morgan fingerprint density at radius 3 is 2.50 bits per heavy atom. The molecule has 0 aliphatic rings. The maximum absolute atomic E-state index is 10.1. The topological polar surface area (TPSA) is 55.5 Å². The number of methoxy groups -OCH3 is 1. The van der Waals surface area contributed by atoms with E-state index in [-0.39, 0.29) is 5.75 Å². The van der Waals surface area contributed by atoms with Gasteiger partial charge in [-0.15, -0.1) is 0 Å². The molecule has 1 rings (SSSR count). The molecule has 1 aromatic carbocycles. The third kappa shape index (κ3) is 2.67. The van der Waals surface area contributed by atoms with Crippen LogP contribution < -0.4 is 10.5 Å². The smallest absolute Gasteiger partial charge is 0.163 e. The number of aromatic hydroxyl groups is 1. The van der Waals surface area contributed by atoms with Gasteiger partial charge in [-0.1, -0.05) is 6.07 Å². The quantitative estimate of drug-likeness (QED) is 0.753. The highest BCUT2D eigenvalue weighted by atomic mass is 16.5. The molecule has 0 spiro atoms. The molecule has 16 heavy (non-hydrogen) atoms. The number of hydrogen-bond acceptors (Lipinski definition) is 3.